The fourth-order valence-corrected chi connectivity index (χ4v) is 2.68. The van der Waals surface area contributed by atoms with Gasteiger partial charge < -0.3 is 4.74 Å². The van der Waals surface area contributed by atoms with Gasteiger partial charge in [0.25, 0.3) is 5.69 Å². The molecule has 148 valence electrons. The van der Waals surface area contributed by atoms with Crippen LogP contribution < -0.4 is 0 Å². The summed E-state index contributed by atoms with van der Waals surface area (Å²) in [5.74, 6) is -1.11. The van der Waals surface area contributed by atoms with Crippen molar-refractivity contribution in [3.05, 3.63) is 45.5 Å². The van der Waals surface area contributed by atoms with Crippen molar-refractivity contribution >= 4 is 23.5 Å². The second-order valence-corrected chi connectivity index (χ2v) is 6.58. The van der Waals surface area contributed by atoms with Gasteiger partial charge in [-0.2, -0.15) is 0 Å². The quantitative estimate of drug-likeness (QED) is 0.0893. The number of nitrogens with zero attached hydrogens (tertiary/aromatic N) is 1. The number of hydrogen-bond donors (Lipinski definition) is 0. The smallest absolute Gasteiger partial charge is 0.341 e. The maximum Gasteiger partial charge on any atom is 0.341 e. The minimum absolute atomic E-state index is 0.0982. The molecule has 27 heavy (non-hydrogen) atoms. The highest BCUT2D eigenvalue weighted by atomic mass is 16.6. The van der Waals surface area contributed by atoms with Gasteiger partial charge >= 0.3 is 5.97 Å². The van der Waals surface area contributed by atoms with Crippen molar-refractivity contribution in [3.8, 4) is 0 Å². The Morgan fingerprint density at radius 2 is 1.70 bits per heavy atom. The Morgan fingerprint density at radius 3 is 2.30 bits per heavy atom. The van der Waals surface area contributed by atoms with Gasteiger partial charge in [-0.25, -0.2) is 4.79 Å². The van der Waals surface area contributed by atoms with E-state index in [1.807, 2.05) is 0 Å². The van der Waals surface area contributed by atoms with Crippen LogP contribution in [0.25, 0.3) is 6.08 Å². The number of nitro groups is 1. The average molecular weight is 375 g/mol. The molecule has 0 saturated carbocycles. The van der Waals surface area contributed by atoms with E-state index in [0.717, 1.165) is 19.3 Å². The zero-order valence-corrected chi connectivity index (χ0v) is 16.2. The number of unbranched alkanes of at least 4 members (excludes halogenated alkanes) is 7. The third kappa shape index (κ3) is 9.13. The molecule has 0 amide bonds. The zero-order chi connectivity index (χ0) is 20.1. The minimum atomic E-state index is -0.683. The molecular weight excluding hydrogens is 346 g/mol. The molecule has 0 aliphatic rings. The summed E-state index contributed by atoms with van der Waals surface area (Å²) in [7, 11) is 0. The average Bonchev–Trinajstić information content (AvgIpc) is 2.64. The number of ketones is 1. The Bertz CT molecular complexity index is 666. The Hall–Kier alpha value is -2.50. The number of ether oxygens (including phenoxy) is 1. The number of Topliss-reactive ketones (excluding diaryl/α,β-unsaturated/α-hetero) is 1. The van der Waals surface area contributed by atoms with Gasteiger partial charge in [0.05, 0.1) is 11.5 Å². The SMILES string of the molecule is CCCCCCCCCCOC(=O)/C(=C\c1cccc([N+](=O)[O-])c1)C(C)=O. The fraction of sp³-hybridized carbons (Fsp3) is 0.524. The summed E-state index contributed by atoms with van der Waals surface area (Å²) in [6.07, 6.45) is 10.4. The van der Waals surface area contributed by atoms with E-state index >= 15 is 0 Å². The van der Waals surface area contributed by atoms with Crippen LogP contribution in [0.5, 0.6) is 0 Å². The van der Waals surface area contributed by atoms with Gasteiger partial charge in [-0.1, -0.05) is 64.0 Å². The molecule has 0 aliphatic heterocycles. The van der Waals surface area contributed by atoms with Gasteiger partial charge in [-0.05, 0) is 25.0 Å². The summed E-state index contributed by atoms with van der Waals surface area (Å²) in [6.45, 7) is 3.74. The summed E-state index contributed by atoms with van der Waals surface area (Å²) in [6, 6.07) is 5.77. The molecule has 6 nitrogen and oxygen atoms in total. The lowest BCUT2D eigenvalue weighted by Gasteiger charge is -2.07. The van der Waals surface area contributed by atoms with E-state index in [9.17, 15) is 19.7 Å². The summed E-state index contributed by atoms with van der Waals surface area (Å²) in [4.78, 5) is 34.2. The number of non-ortho nitro benzene ring substituents is 1. The van der Waals surface area contributed by atoms with Crippen LogP contribution in [0.2, 0.25) is 0 Å². The lowest BCUT2D eigenvalue weighted by atomic mass is 10.1. The number of hydrogen-bond acceptors (Lipinski definition) is 5. The van der Waals surface area contributed by atoms with Gasteiger partial charge in [0, 0.05) is 12.1 Å². The van der Waals surface area contributed by atoms with Gasteiger partial charge in [0.15, 0.2) is 5.78 Å². The second-order valence-electron chi connectivity index (χ2n) is 6.58. The Kier molecular flexibility index (Phi) is 10.7. The topological polar surface area (TPSA) is 86.5 Å². The number of carbonyl (C=O) groups is 2. The van der Waals surface area contributed by atoms with E-state index in [1.54, 1.807) is 6.07 Å². The van der Waals surface area contributed by atoms with Crippen LogP contribution in [0.4, 0.5) is 5.69 Å². The van der Waals surface area contributed by atoms with Crippen molar-refractivity contribution in [1.82, 2.24) is 0 Å². The first kappa shape index (κ1) is 22.5. The number of nitro benzene ring substituents is 1. The first-order valence-electron chi connectivity index (χ1n) is 9.60. The minimum Gasteiger partial charge on any atom is -0.462 e. The molecule has 0 aromatic heterocycles. The molecule has 0 aliphatic carbocycles. The summed E-state index contributed by atoms with van der Waals surface area (Å²) in [5.41, 5.74) is 0.215. The summed E-state index contributed by atoms with van der Waals surface area (Å²) < 4.78 is 5.20. The van der Waals surface area contributed by atoms with E-state index in [0.29, 0.717) is 5.56 Å². The van der Waals surface area contributed by atoms with E-state index in [4.69, 9.17) is 4.74 Å². The Balaban J connectivity index is 2.48. The standard InChI is InChI=1S/C21H29NO5/c1-3-4-5-6-7-8-9-10-14-27-21(24)20(17(2)23)16-18-12-11-13-19(15-18)22(25)26/h11-13,15-16H,3-10,14H2,1-2H3/b20-16-. The molecule has 1 aromatic rings. The molecule has 0 fully saturated rings. The molecule has 1 rings (SSSR count). The molecule has 0 saturated heterocycles. The first-order chi connectivity index (χ1) is 13.0. The lowest BCUT2D eigenvalue weighted by molar-refractivity contribution is -0.384. The molecule has 0 bridgehead atoms. The van der Waals surface area contributed by atoms with E-state index in [-0.39, 0.29) is 17.9 Å². The molecule has 0 atom stereocenters. The predicted molar refractivity (Wildman–Crippen MR) is 105 cm³/mol. The molecule has 6 heteroatoms. The largest absolute Gasteiger partial charge is 0.462 e. The van der Waals surface area contributed by atoms with Crippen molar-refractivity contribution in [2.45, 2.75) is 65.2 Å². The van der Waals surface area contributed by atoms with Crippen LogP contribution in [0, 0.1) is 10.1 Å². The van der Waals surface area contributed by atoms with Crippen LogP contribution in [0.15, 0.2) is 29.8 Å². The summed E-state index contributed by atoms with van der Waals surface area (Å²) in [5, 5.41) is 10.8. The van der Waals surface area contributed by atoms with Crippen molar-refractivity contribution in [2.75, 3.05) is 6.61 Å². The Morgan fingerprint density at radius 1 is 1.07 bits per heavy atom. The van der Waals surface area contributed by atoms with Gasteiger partial charge in [0.1, 0.15) is 5.57 Å². The normalized spacial score (nSPS) is 11.3. The molecular formula is C21H29NO5. The van der Waals surface area contributed by atoms with Crippen LogP contribution in [0.3, 0.4) is 0 Å². The molecule has 0 heterocycles. The maximum atomic E-state index is 12.2. The van der Waals surface area contributed by atoms with Gasteiger partial charge in [0.2, 0.25) is 0 Å². The molecule has 0 radical (unpaired) electrons. The van der Waals surface area contributed by atoms with Crippen molar-refractivity contribution < 1.29 is 19.2 Å². The summed E-state index contributed by atoms with van der Waals surface area (Å²) >= 11 is 0. The zero-order valence-electron chi connectivity index (χ0n) is 16.2. The van der Waals surface area contributed by atoms with Crippen LogP contribution in [0.1, 0.15) is 70.8 Å². The number of benzene rings is 1. The highest BCUT2D eigenvalue weighted by molar-refractivity contribution is 6.19. The third-order valence-corrected chi connectivity index (χ3v) is 4.22. The van der Waals surface area contributed by atoms with Gasteiger partial charge in [-0.15, -0.1) is 0 Å². The number of esters is 1. The monoisotopic (exact) mass is 375 g/mol. The molecule has 1 aromatic carbocycles. The molecule has 0 unspecified atom stereocenters. The highest BCUT2D eigenvalue weighted by Gasteiger charge is 2.16. The predicted octanol–water partition coefficient (Wildman–Crippen LogP) is 5.25. The highest BCUT2D eigenvalue weighted by Crippen LogP contribution is 2.17. The van der Waals surface area contributed by atoms with E-state index in [2.05, 4.69) is 6.92 Å². The maximum absolute atomic E-state index is 12.2. The third-order valence-electron chi connectivity index (χ3n) is 4.22. The number of carbonyl (C=O) groups excluding carboxylic acids is 2. The molecule has 0 spiro atoms. The number of rotatable bonds is 13. The van der Waals surface area contributed by atoms with E-state index < -0.39 is 16.7 Å². The first-order valence-corrected chi connectivity index (χ1v) is 9.60. The van der Waals surface area contributed by atoms with Crippen molar-refractivity contribution in [3.63, 3.8) is 0 Å². The lowest BCUT2D eigenvalue weighted by Crippen LogP contribution is -2.14. The van der Waals surface area contributed by atoms with Crippen molar-refractivity contribution in [1.29, 1.82) is 0 Å². The van der Waals surface area contributed by atoms with Crippen LogP contribution in [-0.4, -0.2) is 23.3 Å². The van der Waals surface area contributed by atoms with Crippen LogP contribution in [-0.2, 0) is 14.3 Å². The second kappa shape index (κ2) is 12.8. The van der Waals surface area contributed by atoms with Crippen LogP contribution >= 0.6 is 0 Å². The van der Waals surface area contributed by atoms with Crippen molar-refractivity contribution in [2.24, 2.45) is 0 Å². The Labute approximate surface area is 160 Å². The van der Waals surface area contributed by atoms with E-state index in [1.165, 1.54) is 63.3 Å². The molecule has 0 N–H and O–H groups in total. The fourth-order valence-electron chi connectivity index (χ4n) is 2.68. The van der Waals surface area contributed by atoms with Gasteiger partial charge in [-0.3, -0.25) is 14.9 Å².